The summed E-state index contributed by atoms with van der Waals surface area (Å²) in [4.78, 5) is 31.3. The van der Waals surface area contributed by atoms with Crippen LogP contribution in [0.3, 0.4) is 0 Å². The van der Waals surface area contributed by atoms with Gasteiger partial charge in [0.2, 0.25) is 5.91 Å². The number of ether oxygens (including phenoxy) is 1. The molecule has 0 spiro atoms. The minimum atomic E-state index is 0.0529. The number of benzene rings is 1. The zero-order valence-corrected chi connectivity index (χ0v) is 22.5. The van der Waals surface area contributed by atoms with Crippen LogP contribution in [-0.2, 0) is 11.3 Å². The average molecular weight is 500 g/mol. The molecule has 6 nitrogen and oxygen atoms in total. The molecule has 1 saturated carbocycles. The summed E-state index contributed by atoms with van der Waals surface area (Å²) in [6, 6.07) is 5.48. The number of carbonyl (C=O) groups is 2. The highest BCUT2D eigenvalue weighted by Gasteiger charge is 2.23. The zero-order valence-electron chi connectivity index (χ0n) is 21.7. The molecule has 1 fully saturated rings. The molecule has 0 radical (unpaired) electrons. The van der Waals surface area contributed by atoms with Crippen LogP contribution < -0.4 is 10.1 Å². The third kappa shape index (κ3) is 8.14. The lowest BCUT2D eigenvalue weighted by atomic mass is 9.88. The highest BCUT2D eigenvalue weighted by atomic mass is 32.1. The van der Waals surface area contributed by atoms with Crippen LogP contribution in [0.1, 0.15) is 81.6 Å². The van der Waals surface area contributed by atoms with Crippen LogP contribution in [0.4, 0.5) is 5.69 Å². The Morgan fingerprint density at radius 2 is 2.00 bits per heavy atom. The van der Waals surface area contributed by atoms with Gasteiger partial charge >= 0.3 is 0 Å². The second kappa shape index (κ2) is 13.7. The van der Waals surface area contributed by atoms with E-state index in [1.165, 1.54) is 6.42 Å². The summed E-state index contributed by atoms with van der Waals surface area (Å²) < 4.78 is 6.13. The minimum absolute atomic E-state index is 0.0529. The number of aldehydes is 1. The van der Waals surface area contributed by atoms with Crippen molar-refractivity contribution in [2.45, 2.75) is 78.8 Å². The molecule has 0 saturated heterocycles. The van der Waals surface area contributed by atoms with Crippen LogP contribution in [0.2, 0.25) is 0 Å². The predicted molar refractivity (Wildman–Crippen MR) is 143 cm³/mol. The molecule has 1 aliphatic rings. The number of rotatable bonds is 13. The number of nitrogens with zero attached hydrogens (tertiary/aromatic N) is 2. The predicted octanol–water partition coefficient (Wildman–Crippen LogP) is 6.43. The third-order valence-electron chi connectivity index (χ3n) is 7.44. The van der Waals surface area contributed by atoms with Crippen LogP contribution in [-0.4, -0.2) is 41.3 Å². The number of hydrogen-bond donors (Lipinski definition) is 1. The van der Waals surface area contributed by atoms with Crippen LogP contribution in [0, 0.1) is 17.8 Å². The van der Waals surface area contributed by atoms with Gasteiger partial charge in [0.25, 0.3) is 0 Å². The van der Waals surface area contributed by atoms with Crippen LogP contribution >= 0.6 is 11.3 Å². The van der Waals surface area contributed by atoms with Gasteiger partial charge < -0.3 is 10.1 Å². The van der Waals surface area contributed by atoms with Crippen LogP contribution in [0.5, 0.6) is 5.75 Å². The van der Waals surface area contributed by atoms with E-state index in [1.807, 2.05) is 17.6 Å². The first-order valence-electron chi connectivity index (χ1n) is 13.1. The summed E-state index contributed by atoms with van der Waals surface area (Å²) >= 11 is 1.67. The van der Waals surface area contributed by atoms with Crippen molar-refractivity contribution in [2.75, 3.05) is 18.5 Å². The second-order valence-corrected chi connectivity index (χ2v) is 11.1. The van der Waals surface area contributed by atoms with Crippen molar-refractivity contribution in [1.29, 1.82) is 0 Å². The Kier molecular flexibility index (Phi) is 10.7. The van der Waals surface area contributed by atoms with Crippen molar-refractivity contribution < 1.29 is 14.3 Å². The average Bonchev–Trinajstić information content (AvgIpc) is 3.40. The van der Waals surface area contributed by atoms with Gasteiger partial charge in [-0.25, -0.2) is 4.98 Å². The Morgan fingerprint density at radius 3 is 2.66 bits per heavy atom. The zero-order chi connectivity index (χ0) is 25.2. The number of nitrogens with one attached hydrogen (secondary N) is 1. The highest BCUT2D eigenvalue weighted by molar-refractivity contribution is 7.09. The second-order valence-electron chi connectivity index (χ2n) is 10.1. The molecule has 0 unspecified atom stereocenters. The molecule has 192 valence electrons. The number of hydrogen-bond acceptors (Lipinski definition) is 6. The molecule has 35 heavy (non-hydrogen) atoms. The van der Waals surface area contributed by atoms with Gasteiger partial charge in [-0.15, -0.1) is 11.3 Å². The fraction of sp³-hybridized carbons (Fsp3) is 0.607. The Balaban J connectivity index is 1.62. The fourth-order valence-corrected chi connectivity index (χ4v) is 5.27. The Bertz CT molecular complexity index is 928. The SMILES string of the molecule is CC[C@@H](C)[C@@H](C)CN(Cc1nccs1)[C@H](C)COc1ccc(NC(=O)C2CCCCC2)cc1C=O. The molecule has 1 aromatic carbocycles. The van der Waals surface area contributed by atoms with Gasteiger partial charge in [-0.1, -0.05) is 46.5 Å². The lowest BCUT2D eigenvalue weighted by molar-refractivity contribution is -0.120. The van der Waals surface area contributed by atoms with Crippen molar-refractivity contribution in [3.8, 4) is 5.75 Å². The van der Waals surface area contributed by atoms with Crippen molar-refractivity contribution in [3.63, 3.8) is 0 Å². The summed E-state index contributed by atoms with van der Waals surface area (Å²) in [7, 11) is 0. The van der Waals surface area contributed by atoms with Gasteiger partial charge in [-0.2, -0.15) is 0 Å². The van der Waals surface area contributed by atoms with E-state index in [-0.39, 0.29) is 17.9 Å². The molecule has 3 rings (SSSR count). The molecule has 3 atom stereocenters. The number of carbonyl (C=O) groups excluding carboxylic acids is 2. The van der Waals surface area contributed by atoms with E-state index in [4.69, 9.17) is 4.74 Å². The Morgan fingerprint density at radius 1 is 1.23 bits per heavy atom. The van der Waals surface area contributed by atoms with Gasteiger partial charge in [0.15, 0.2) is 6.29 Å². The molecule has 0 aliphatic heterocycles. The topological polar surface area (TPSA) is 71.5 Å². The lowest BCUT2D eigenvalue weighted by Gasteiger charge is -2.32. The summed E-state index contributed by atoms with van der Waals surface area (Å²) in [5.74, 6) is 1.87. The summed E-state index contributed by atoms with van der Waals surface area (Å²) in [6.07, 6.45) is 9.12. The summed E-state index contributed by atoms with van der Waals surface area (Å²) in [5.41, 5.74) is 1.11. The molecule has 2 aromatic rings. The fourth-order valence-electron chi connectivity index (χ4n) is 4.63. The largest absolute Gasteiger partial charge is 0.491 e. The van der Waals surface area contributed by atoms with Crippen molar-refractivity contribution in [1.82, 2.24) is 9.88 Å². The molecule has 7 heteroatoms. The maximum Gasteiger partial charge on any atom is 0.227 e. The molecule has 1 aliphatic carbocycles. The lowest BCUT2D eigenvalue weighted by Crippen LogP contribution is -2.40. The first-order chi connectivity index (χ1) is 16.9. The highest BCUT2D eigenvalue weighted by Crippen LogP contribution is 2.27. The quantitative estimate of drug-likeness (QED) is 0.322. The number of aromatic nitrogens is 1. The maximum atomic E-state index is 12.6. The minimum Gasteiger partial charge on any atom is -0.491 e. The van der Waals surface area contributed by atoms with Gasteiger partial charge in [0.1, 0.15) is 17.4 Å². The molecule has 1 N–H and O–H groups in total. The van der Waals surface area contributed by atoms with Gasteiger partial charge in [-0.05, 0) is 49.8 Å². The number of thiazole rings is 1. The van der Waals surface area contributed by atoms with Crippen molar-refractivity contribution in [3.05, 3.63) is 40.3 Å². The number of amides is 1. The van der Waals surface area contributed by atoms with E-state index < -0.39 is 0 Å². The maximum absolute atomic E-state index is 12.6. The Labute approximate surface area is 214 Å². The van der Waals surface area contributed by atoms with E-state index >= 15 is 0 Å². The van der Waals surface area contributed by atoms with Gasteiger partial charge in [-0.3, -0.25) is 14.5 Å². The normalized spacial score (nSPS) is 17.1. The van der Waals surface area contributed by atoms with Crippen LogP contribution in [0.25, 0.3) is 0 Å². The molecule has 0 bridgehead atoms. The summed E-state index contributed by atoms with van der Waals surface area (Å²) in [6.45, 7) is 11.2. The Hall–Kier alpha value is -2.25. The van der Waals surface area contributed by atoms with E-state index in [0.29, 0.717) is 35.4 Å². The van der Waals surface area contributed by atoms with Crippen molar-refractivity contribution in [2.24, 2.45) is 17.8 Å². The van der Waals surface area contributed by atoms with E-state index in [1.54, 1.807) is 23.5 Å². The monoisotopic (exact) mass is 499 g/mol. The smallest absolute Gasteiger partial charge is 0.227 e. The first-order valence-corrected chi connectivity index (χ1v) is 13.9. The molecule has 1 heterocycles. The van der Waals surface area contributed by atoms with E-state index in [2.05, 4.69) is 42.9 Å². The van der Waals surface area contributed by atoms with Gasteiger partial charge in [0.05, 0.1) is 12.1 Å². The van der Waals surface area contributed by atoms with E-state index in [0.717, 1.165) is 56.5 Å². The van der Waals surface area contributed by atoms with Crippen LogP contribution in [0.15, 0.2) is 29.8 Å². The first kappa shape index (κ1) is 27.3. The molecule has 1 aromatic heterocycles. The summed E-state index contributed by atoms with van der Waals surface area (Å²) in [5, 5.41) is 6.10. The molecule has 1 amide bonds. The molecular formula is C28H41N3O3S. The van der Waals surface area contributed by atoms with E-state index in [9.17, 15) is 9.59 Å². The standard InChI is InChI=1S/C28H41N3O3S/c1-5-20(2)21(3)16-31(17-27-29-13-14-35-27)22(4)19-34-26-12-11-25(15-24(26)18-32)30-28(33)23-9-7-6-8-10-23/h11-15,18,20-23H,5-10,16-17,19H2,1-4H3,(H,30,33)/t20-,21+,22-/m1/s1. The number of anilines is 1. The van der Waals surface area contributed by atoms with Gasteiger partial charge in [0, 0.05) is 35.8 Å². The third-order valence-corrected chi connectivity index (χ3v) is 8.21. The molecular weight excluding hydrogens is 458 g/mol. The van der Waals surface area contributed by atoms with Crippen molar-refractivity contribution >= 4 is 29.2 Å².